The van der Waals surface area contributed by atoms with Crippen molar-refractivity contribution in [1.82, 2.24) is 4.98 Å². The number of aromatic nitrogens is 1. The van der Waals surface area contributed by atoms with Crippen molar-refractivity contribution in [3.05, 3.63) is 65.0 Å². The number of carbonyl (C=O) groups excluding carboxylic acids is 2. The molecule has 0 saturated heterocycles. The van der Waals surface area contributed by atoms with Gasteiger partial charge in [-0.15, -0.1) is 0 Å². The van der Waals surface area contributed by atoms with E-state index >= 15 is 0 Å². The number of Topliss-reactive ketones (excluding diaryl/α,β-unsaturated/α-hetero) is 1. The number of benzene rings is 1. The van der Waals surface area contributed by atoms with E-state index in [9.17, 15) is 9.59 Å². The second kappa shape index (κ2) is 4.95. The van der Waals surface area contributed by atoms with Gasteiger partial charge in [0.05, 0.1) is 16.8 Å². The highest BCUT2D eigenvalue weighted by Crippen LogP contribution is 2.48. The van der Waals surface area contributed by atoms with Gasteiger partial charge in [0.1, 0.15) is 11.7 Å². The van der Waals surface area contributed by atoms with Crippen molar-refractivity contribution < 1.29 is 9.59 Å². The van der Waals surface area contributed by atoms with E-state index < -0.39 is 6.04 Å². The molecule has 112 valence electrons. The van der Waals surface area contributed by atoms with Crippen LogP contribution in [0.25, 0.3) is 5.70 Å². The summed E-state index contributed by atoms with van der Waals surface area (Å²) >= 11 is 0. The Morgan fingerprint density at radius 1 is 1.17 bits per heavy atom. The number of carbonyl (C=O) groups is 2. The Bertz CT molecular complexity index is 900. The Kier molecular flexibility index (Phi) is 2.90. The highest BCUT2D eigenvalue weighted by atomic mass is 16.1. The monoisotopic (exact) mass is 304 g/mol. The van der Waals surface area contributed by atoms with Gasteiger partial charge in [-0.3, -0.25) is 14.6 Å². The number of hydrogen-bond donors (Lipinski definition) is 1. The van der Waals surface area contributed by atoms with Gasteiger partial charge in [-0.25, -0.2) is 0 Å². The summed E-state index contributed by atoms with van der Waals surface area (Å²) in [6, 6.07) is 8.59. The number of azo groups is 1. The molecule has 1 amide bonds. The Hall–Kier alpha value is -3.15. The van der Waals surface area contributed by atoms with Gasteiger partial charge >= 0.3 is 0 Å². The molecule has 1 aliphatic heterocycles. The van der Waals surface area contributed by atoms with Crippen LogP contribution in [0.3, 0.4) is 0 Å². The lowest BCUT2D eigenvalue weighted by atomic mass is 10.0. The quantitative estimate of drug-likeness (QED) is 0.925. The first-order valence-corrected chi connectivity index (χ1v) is 7.17. The molecule has 6 heteroatoms. The summed E-state index contributed by atoms with van der Waals surface area (Å²) in [4.78, 5) is 28.3. The number of amides is 1. The van der Waals surface area contributed by atoms with Crippen LogP contribution in [0.15, 0.2) is 58.5 Å². The normalized spacial score (nSPS) is 18.1. The number of pyridine rings is 1. The van der Waals surface area contributed by atoms with E-state index in [0.717, 1.165) is 11.1 Å². The van der Waals surface area contributed by atoms with E-state index in [4.69, 9.17) is 0 Å². The zero-order chi connectivity index (χ0) is 16.0. The Labute approximate surface area is 132 Å². The SMILES string of the molecule is CC(=O)Nc1cccc2c1C(=O)C1=C(c3ccncc3)N=NC12. The van der Waals surface area contributed by atoms with Gasteiger partial charge in [-0.1, -0.05) is 12.1 Å². The van der Waals surface area contributed by atoms with Crippen LogP contribution in [0.2, 0.25) is 0 Å². The molecule has 6 nitrogen and oxygen atoms in total. The average molecular weight is 304 g/mol. The van der Waals surface area contributed by atoms with Crippen molar-refractivity contribution >= 4 is 23.1 Å². The van der Waals surface area contributed by atoms with Crippen LogP contribution in [0.1, 0.15) is 34.5 Å². The molecule has 1 N–H and O–H groups in total. The molecule has 0 spiro atoms. The molecule has 2 aliphatic rings. The van der Waals surface area contributed by atoms with Gasteiger partial charge in [-0.2, -0.15) is 10.2 Å². The number of anilines is 1. The summed E-state index contributed by atoms with van der Waals surface area (Å²) < 4.78 is 0. The number of nitrogens with one attached hydrogen (secondary N) is 1. The molecule has 0 radical (unpaired) electrons. The molecular formula is C17H12N4O2. The predicted octanol–water partition coefficient (Wildman–Crippen LogP) is 3.15. The molecular weight excluding hydrogens is 292 g/mol. The van der Waals surface area contributed by atoms with Crippen molar-refractivity contribution in [3.63, 3.8) is 0 Å². The van der Waals surface area contributed by atoms with Crippen LogP contribution in [0.5, 0.6) is 0 Å². The van der Waals surface area contributed by atoms with E-state index in [1.807, 2.05) is 6.07 Å². The van der Waals surface area contributed by atoms with E-state index in [2.05, 4.69) is 20.5 Å². The minimum absolute atomic E-state index is 0.133. The summed E-state index contributed by atoms with van der Waals surface area (Å²) in [5.74, 6) is -0.348. The molecule has 0 saturated carbocycles. The van der Waals surface area contributed by atoms with Crippen LogP contribution in [0, 0.1) is 0 Å². The maximum Gasteiger partial charge on any atom is 0.221 e. The summed E-state index contributed by atoms with van der Waals surface area (Å²) in [6.45, 7) is 1.42. The van der Waals surface area contributed by atoms with Crippen LogP contribution >= 0.6 is 0 Å². The number of ketones is 1. The Morgan fingerprint density at radius 2 is 1.96 bits per heavy atom. The zero-order valence-electron chi connectivity index (χ0n) is 12.3. The van der Waals surface area contributed by atoms with Gasteiger partial charge < -0.3 is 5.32 Å². The molecule has 1 unspecified atom stereocenters. The van der Waals surface area contributed by atoms with E-state index in [1.165, 1.54) is 6.92 Å². The summed E-state index contributed by atoms with van der Waals surface area (Å²) in [5.41, 5.74) is 3.75. The van der Waals surface area contributed by atoms with Gasteiger partial charge in [0.2, 0.25) is 5.91 Å². The van der Waals surface area contributed by atoms with Crippen LogP contribution < -0.4 is 5.32 Å². The first kappa shape index (κ1) is 13.5. The third-order valence-corrected chi connectivity index (χ3v) is 3.93. The van der Waals surface area contributed by atoms with Crippen molar-refractivity contribution in [2.75, 3.05) is 5.32 Å². The fourth-order valence-electron chi connectivity index (χ4n) is 3.01. The van der Waals surface area contributed by atoms with Gasteiger partial charge in [0.25, 0.3) is 0 Å². The Morgan fingerprint density at radius 3 is 2.70 bits per heavy atom. The fourth-order valence-corrected chi connectivity index (χ4v) is 3.01. The molecule has 1 aromatic carbocycles. The van der Waals surface area contributed by atoms with E-state index in [0.29, 0.717) is 22.5 Å². The molecule has 0 fully saturated rings. The molecule has 23 heavy (non-hydrogen) atoms. The van der Waals surface area contributed by atoms with Crippen LogP contribution in [-0.4, -0.2) is 16.7 Å². The Balaban J connectivity index is 1.88. The lowest BCUT2D eigenvalue weighted by Gasteiger charge is -2.07. The second-order valence-electron chi connectivity index (χ2n) is 5.40. The van der Waals surface area contributed by atoms with E-state index in [1.54, 1.807) is 36.7 Å². The van der Waals surface area contributed by atoms with Gasteiger partial charge in [0, 0.05) is 24.9 Å². The fraction of sp³-hybridized carbons (Fsp3) is 0.118. The topological polar surface area (TPSA) is 83.8 Å². The van der Waals surface area contributed by atoms with Crippen LogP contribution in [-0.2, 0) is 4.79 Å². The summed E-state index contributed by atoms with van der Waals surface area (Å²) in [7, 11) is 0. The largest absolute Gasteiger partial charge is 0.326 e. The van der Waals surface area contributed by atoms with E-state index in [-0.39, 0.29) is 11.7 Å². The number of hydrogen-bond acceptors (Lipinski definition) is 5. The molecule has 4 rings (SSSR count). The molecule has 2 aromatic rings. The number of nitrogens with zero attached hydrogens (tertiary/aromatic N) is 3. The standard InChI is InChI=1S/C17H12N4O2/c1-9(22)19-12-4-2-3-11-13(12)17(23)14-15(20-21-16(11)14)10-5-7-18-8-6-10/h2-8,16H,1H3,(H,19,22). The highest BCUT2D eigenvalue weighted by Gasteiger charge is 2.42. The average Bonchev–Trinajstić information content (AvgIpc) is 3.09. The lowest BCUT2D eigenvalue weighted by Crippen LogP contribution is -2.10. The number of fused-ring (bicyclic) bond motifs is 3. The lowest BCUT2D eigenvalue weighted by molar-refractivity contribution is -0.114. The van der Waals surface area contributed by atoms with Crippen molar-refractivity contribution in [2.24, 2.45) is 10.2 Å². The molecule has 1 atom stereocenters. The molecule has 1 aromatic heterocycles. The highest BCUT2D eigenvalue weighted by molar-refractivity contribution is 6.22. The third-order valence-electron chi connectivity index (χ3n) is 3.93. The smallest absolute Gasteiger partial charge is 0.221 e. The summed E-state index contributed by atoms with van der Waals surface area (Å²) in [6.07, 6.45) is 3.31. The number of rotatable bonds is 2. The molecule has 2 heterocycles. The van der Waals surface area contributed by atoms with Crippen molar-refractivity contribution in [2.45, 2.75) is 13.0 Å². The van der Waals surface area contributed by atoms with Crippen molar-refractivity contribution in [1.29, 1.82) is 0 Å². The zero-order valence-corrected chi connectivity index (χ0v) is 12.3. The van der Waals surface area contributed by atoms with Gasteiger partial charge in [-0.05, 0) is 23.8 Å². The first-order chi connectivity index (χ1) is 11.2. The second-order valence-corrected chi connectivity index (χ2v) is 5.40. The maximum absolute atomic E-state index is 12.9. The third kappa shape index (κ3) is 1.99. The minimum Gasteiger partial charge on any atom is -0.326 e. The van der Waals surface area contributed by atoms with Crippen LogP contribution in [0.4, 0.5) is 5.69 Å². The van der Waals surface area contributed by atoms with Crippen molar-refractivity contribution in [3.8, 4) is 0 Å². The predicted molar refractivity (Wildman–Crippen MR) is 83.8 cm³/mol. The molecule has 0 bridgehead atoms. The minimum atomic E-state index is -0.394. The maximum atomic E-state index is 12.9. The summed E-state index contributed by atoms with van der Waals surface area (Å²) in [5, 5.41) is 11.2. The van der Waals surface area contributed by atoms with Gasteiger partial charge in [0.15, 0.2) is 5.78 Å². The molecule has 1 aliphatic carbocycles. The first-order valence-electron chi connectivity index (χ1n) is 7.17.